The monoisotopic (exact) mass is 207 g/mol. The summed E-state index contributed by atoms with van der Waals surface area (Å²) in [4.78, 5) is 21.8. The zero-order valence-corrected chi connectivity index (χ0v) is 8.53. The molecule has 1 rings (SSSR count). The van der Waals surface area contributed by atoms with Crippen LogP contribution < -0.4 is 5.73 Å². The fraction of sp³-hybridized carbons (Fsp3) is 0.273. The van der Waals surface area contributed by atoms with Crippen LogP contribution in [0.2, 0.25) is 0 Å². The van der Waals surface area contributed by atoms with Gasteiger partial charge in [0.05, 0.1) is 12.7 Å². The van der Waals surface area contributed by atoms with Crippen LogP contribution in [0.1, 0.15) is 22.3 Å². The van der Waals surface area contributed by atoms with E-state index < -0.39 is 0 Å². The molecule has 4 nitrogen and oxygen atoms in total. The van der Waals surface area contributed by atoms with E-state index in [1.165, 1.54) is 7.11 Å². The molecule has 0 saturated carbocycles. The van der Waals surface area contributed by atoms with Crippen molar-refractivity contribution in [2.24, 2.45) is 5.73 Å². The van der Waals surface area contributed by atoms with Crippen LogP contribution in [0.4, 0.5) is 0 Å². The van der Waals surface area contributed by atoms with Gasteiger partial charge in [0.2, 0.25) is 5.91 Å². The highest BCUT2D eigenvalue weighted by Crippen LogP contribution is 2.08. The summed E-state index contributed by atoms with van der Waals surface area (Å²) < 4.78 is 4.59. The molecule has 0 aromatic heterocycles. The molecule has 0 fully saturated rings. The third-order valence-electron chi connectivity index (χ3n) is 2.01. The van der Waals surface area contributed by atoms with Gasteiger partial charge in [-0.1, -0.05) is 12.1 Å². The van der Waals surface area contributed by atoms with Gasteiger partial charge in [-0.2, -0.15) is 0 Å². The molecule has 1 amide bonds. The van der Waals surface area contributed by atoms with Crippen molar-refractivity contribution < 1.29 is 14.3 Å². The first kappa shape index (κ1) is 11.2. The average Bonchev–Trinajstić information content (AvgIpc) is 2.25. The number of carbonyl (C=O) groups excluding carboxylic acids is 2. The number of esters is 1. The Morgan fingerprint density at radius 2 is 2.13 bits per heavy atom. The van der Waals surface area contributed by atoms with Gasteiger partial charge in [0.1, 0.15) is 0 Å². The van der Waals surface area contributed by atoms with E-state index in [1.807, 2.05) is 6.07 Å². The number of ether oxygens (including phenoxy) is 1. The van der Waals surface area contributed by atoms with Crippen molar-refractivity contribution in [3.8, 4) is 0 Å². The molecular formula is C11H13NO3. The summed E-state index contributed by atoms with van der Waals surface area (Å²) in [6.07, 6.45) is 0.824. The summed E-state index contributed by atoms with van der Waals surface area (Å²) in [6, 6.07) is 6.96. The van der Waals surface area contributed by atoms with Gasteiger partial charge in [-0.15, -0.1) is 0 Å². The van der Waals surface area contributed by atoms with Crippen LogP contribution in [0.3, 0.4) is 0 Å². The predicted molar refractivity (Wildman–Crippen MR) is 55.3 cm³/mol. The normalized spacial score (nSPS) is 9.67. The van der Waals surface area contributed by atoms with Crippen molar-refractivity contribution in [1.29, 1.82) is 0 Å². The number of aryl methyl sites for hydroxylation is 1. The predicted octanol–water partition coefficient (Wildman–Crippen LogP) is 0.891. The topological polar surface area (TPSA) is 69.4 Å². The summed E-state index contributed by atoms with van der Waals surface area (Å²) in [5, 5.41) is 0. The number of nitrogens with two attached hydrogens (primary N) is 1. The quantitative estimate of drug-likeness (QED) is 0.745. The zero-order chi connectivity index (χ0) is 11.3. The van der Waals surface area contributed by atoms with Crippen LogP contribution in [0, 0.1) is 0 Å². The highest BCUT2D eigenvalue weighted by molar-refractivity contribution is 5.89. The number of benzene rings is 1. The lowest BCUT2D eigenvalue weighted by Crippen LogP contribution is -2.11. The molecule has 0 radical (unpaired) electrons. The molecule has 0 aliphatic rings. The molecule has 1 aromatic carbocycles. The standard InChI is InChI=1S/C11H13NO3/c1-15-11(14)9-4-2-3-8(7-9)5-6-10(12)13/h2-4,7H,5-6H2,1H3,(H2,12,13). The van der Waals surface area contributed by atoms with Gasteiger partial charge in [0.15, 0.2) is 0 Å². The molecule has 80 valence electrons. The fourth-order valence-corrected chi connectivity index (χ4v) is 1.24. The maximum atomic E-state index is 11.2. The molecule has 0 unspecified atom stereocenters. The largest absolute Gasteiger partial charge is 0.465 e. The van der Waals surface area contributed by atoms with E-state index in [0.29, 0.717) is 12.0 Å². The number of hydrogen-bond donors (Lipinski definition) is 1. The van der Waals surface area contributed by atoms with E-state index in [0.717, 1.165) is 5.56 Å². The van der Waals surface area contributed by atoms with Gasteiger partial charge >= 0.3 is 5.97 Å². The Kier molecular flexibility index (Phi) is 3.85. The lowest BCUT2D eigenvalue weighted by atomic mass is 10.1. The van der Waals surface area contributed by atoms with Crippen molar-refractivity contribution in [2.75, 3.05) is 7.11 Å². The molecule has 0 bridgehead atoms. The maximum absolute atomic E-state index is 11.2. The first-order valence-corrected chi connectivity index (χ1v) is 4.59. The van der Waals surface area contributed by atoms with Gasteiger partial charge in [-0.3, -0.25) is 4.79 Å². The van der Waals surface area contributed by atoms with E-state index in [2.05, 4.69) is 4.74 Å². The highest BCUT2D eigenvalue weighted by atomic mass is 16.5. The van der Waals surface area contributed by atoms with Crippen molar-refractivity contribution >= 4 is 11.9 Å². The SMILES string of the molecule is COC(=O)c1cccc(CCC(N)=O)c1. The van der Waals surface area contributed by atoms with Crippen molar-refractivity contribution in [1.82, 2.24) is 0 Å². The summed E-state index contributed by atoms with van der Waals surface area (Å²) in [5.74, 6) is -0.727. The first-order chi connectivity index (χ1) is 7.13. The van der Waals surface area contributed by atoms with E-state index >= 15 is 0 Å². The average molecular weight is 207 g/mol. The molecule has 0 heterocycles. The second kappa shape index (κ2) is 5.14. The summed E-state index contributed by atoms with van der Waals surface area (Å²) in [5.41, 5.74) is 6.42. The van der Waals surface area contributed by atoms with Crippen molar-refractivity contribution in [2.45, 2.75) is 12.8 Å². The molecule has 0 saturated heterocycles. The van der Waals surface area contributed by atoms with Crippen LogP contribution in [0.25, 0.3) is 0 Å². The van der Waals surface area contributed by atoms with Crippen LogP contribution in [-0.4, -0.2) is 19.0 Å². The molecule has 0 aliphatic heterocycles. The van der Waals surface area contributed by atoms with Crippen LogP contribution in [-0.2, 0) is 16.0 Å². The fourth-order valence-electron chi connectivity index (χ4n) is 1.24. The van der Waals surface area contributed by atoms with E-state index in [1.54, 1.807) is 18.2 Å². The maximum Gasteiger partial charge on any atom is 0.337 e. The number of carbonyl (C=O) groups is 2. The van der Waals surface area contributed by atoms with Gasteiger partial charge < -0.3 is 10.5 Å². The minimum atomic E-state index is -0.379. The van der Waals surface area contributed by atoms with Crippen LogP contribution >= 0.6 is 0 Å². The van der Waals surface area contributed by atoms with Crippen molar-refractivity contribution in [3.05, 3.63) is 35.4 Å². The Morgan fingerprint density at radius 3 is 2.73 bits per heavy atom. The zero-order valence-electron chi connectivity index (χ0n) is 8.53. The molecule has 0 aliphatic carbocycles. The number of hydrogen-bond acceptors (Lipinski definition) is 3. The van der Waals surface area contributed by atoms with Crippen LogP contribution in [0.15, 0.2) is 24.3 Å². The second-order valence-corrected chi connectivity index (χ2v) is 3.16. The van der Waals surface area contributed by atoms with E-state index in [4.69, 9.17) is 5.73 Å². The van der Waals surface area contributed by atoms with Gasteiger partial charge in [-0.05, 0) is 24.1 Å². The number of amides is 1. The highest BCUT2D eigenvalue weighted by Gasteiger charge is 2.05. The molecular weight excluding hydrogens is 194 g/mol. The number of rotatable bonds is 4. The smallest absolute Gasteiger partial charge is 0.337 e. The number of primary amides is 1. The van der Waals surface area contributed by atoms with E-state index in [9.17, 15) is 9.59 Å². The Morgan fingerprint density at radius 1 is 1.40 bits per heavy atom. The number of methoxy groups -OCH3 is 1. The molecule has 0 atom stereocenters. The minimum Gasteiger partial charge on any atom is -0.465 e. The minimum absolute atomic E-state index is 0.282. The first-order valence-electron chi connectivity index (χ1n) is 4.59. The van der Waals surface area contributed by atoms with Gasteiger partial charge in [-0.25, -0.2) is 4.79 Å². The Hall–Kier alpha value is -1.84. The molecule has 2 N–H and O–H groups in total. The molecule has 0 spiro atoms. The Bertz CT molecular complexity index is 374. The summed E-state index contributed by atoms with van der Waals surface area (Å²) in [7, 11) is 1.33. The lowest BCUT2D eigenvalue weighted by Gasteiger charge is -2.02. The van der Waals surface area contributed by atoms with Gasteiger partial charge in [0.25, 0.3) is 0 Å². The van der Waals surface area contributed by atoms with Crippen LogP contribution in [0.5, 0.6) is 0 Å². The van der Waals surface area contributed by atoms with Crippen molar-refractivity contribution in [3.63, 3.8) is 0 Å². The molecule has 4 heteroatoms. The third kappa shape index (κ3) is 3.42. The van der Waals surface area contributed by atoms with E-state index in [-0.39, 0.29) is 18.3 Å². The Balaban J connectivity index is 2.74. The second-order valence-electron chi connectivity index (χ2n) is 3.16. The van der Waals surface area contributed by atoms with Gasteiger partial charge in [0, 0.05) is 6.42 Å². The molecule has 15 heavy (non-hydrogen) atoms. The third-order valence-corrected chi connectivity index (χ3v) is 2.01. The molecule has 1 aromatic rings. The summed E-state index contributed by atoms with van der Waals surface area (Å²) >= 11 is 0. The Labute approximate surface area is 88.0 Å². The summed E-state index contributed by atoms with van der Waals surface area (Å²) in [6.45, 7) is 0. The lowest BCUT2D eigenvalue weighted by molar-refractivity contribution is -0.117.